The molecule has 0 aliphatic carbocycles. The van der Waals surface area contributed by atoms with E-state index in [0.29, 0.717) is 12.2 Å². The van der Waals surface area contributed by atoms with Crippen molar-refractivity contribution >= 4 is 24.4 Å². The SMILES string of the molecule is C#C[C@]1(O)C(n2ccc(=O)[nH]c2=O)OC(COP(=S)(NC(CC)C(=O)OC(C)C)Oc2ccccc2)[C@H]1O. The van der Waals surface area contributed by atoms with Crippen molar-refractivity contribution < 1.29 is 33.5 Å². The standard InChI is InChI=1S/C24H30N3O9PS/c1-5-17(21(30)34-15(3)4)26-37(38,36-16-10-8-7-9-11-16)33-14-18-20(29)24(32,6-2)22(35-18)27-13-12-19(28)25-23(27)31/h2,7-13,15,17-18,20,22,29,32H,5,14H2,1,3-4H3,(H,26,38)(H,25,28,31)/t17?,18?,20-,22?,24-,37?/m1/s1. The van der Waals surface area contributed by atoms with Crippen molar-refractivity contribution in [3.05, 3.63) is 63.4 Å². The molecule has 4 N–H and O–H groups in total. The van der Waals surface area contributed by atoms with Crippen LogP contribution in [0.1, 0.15) is 33.4 Å². The van der Waals surface area contributed by atoms with Crippen LogP contribution in [-0.4, -0.2) is 62.3 Å². The van der Waals surface area contributed by atoms with Crippen molar-refractivity contribution in [2.45, 2.75) is 63.4 Å². The number of benzene rings is 1. The van der Waals surface area contributed by atoms with E-state index in [1.807, 2.05) is 4.98 Å². The van der Waals surface area contributed by atoms with Crippen molar-refractivity contribution in [2.24, 2.45) is 0 Å². The first-order chi connectivity index (χ1) is 17.9. The molecule has 14 heteroatoms. The Morgan fingerprint density at radius 3 is 2.61 bits per heavy atom. The van der Waals surface area contributed by atoms with E-state index < -0.39 is 60.5 Å². The molecule has 4 unspecified atom stereocenters. The molecule has 2 heterocycles. The Hall–Kier alpha value is -2.82. The first kappa shape index (κ1) is 29.7. The van der Waals surface area contributed by atoms with Gasteiger partial charge in [0.15, 0.2) is 11.8 Å². The van der Waals surface area contributed by atoms with Crippen LogP contribution < -0.4 is 20.9 Å². The van der Waals surface area contributed by atoms with E-state index >= 15 is 0 Å². The zero-order valence-electron chi connectivity index (χ0n) is 21.0. The van der Waals surface area contributed by atoms with E-state index in [-0.39, 0.29) is 6.10 Å². The highest BCUT2D eigenvalue weighted by molar-refractivity contribution is 8.09. The van der Waals surface area contributed by atoms with Gasteiger partial charge in [0.2, 0.25) is 0 Å². The fourth-order valence-electron chi connectivity index (χ4n) is 3.65. The smallest absolute Gasteiger partial charge is 0.330 e. The van der Waals surface area contributed by atoms with Gasteiger partial charge in [-0.25, -0.2) is 9.88 Å². The van der Waals surface area contributed by atoms with Crippen LogP contribution in [0.3, 0.4) is 0 Å². The van der Waals surface area contributed by atoms with E-state index in [1.165, 1.54) is 0 Å². The van der Waals surface area contributed by atoms with Gasteiger partial charge in [0.05, 0.1) is 12.7 Å². The molecule has 1 aliphatic heterocycles. The number of nitrogens with zero attached hydrogens (tertiary/aromatic N) is 1. The van der Waals surface area contributed by atoms with Gasteiger partial charge in [0, 0.05) is 12.3 Å². The van der Waals surface area contributed by atoms with Gasteiger partial charge >= 0.3 is 18.3 Å². The molecular formula is C24H30N3O9PS. The van der Waals surface area contributed by atoms with Gasteiger partial charge in [-0.2, -0.15) is 0 Å². The highest BCUT2D eigenvalue weighted by Crippen LogP contribution is 2.47. The van der Waals surface area contributed by atoms with E-state index in [1.54, 1.807) is 51.1 Å². The molecule has 1 saturated heterocycles. The number of nitrogens with one attached hydrogen (secondary N) is 2. The number of H-pyrrole nitrogens is 1. The number of esters is 1. The van der Waals surface area contributed by atoms with Crippen LogP contribution in [0.2, 0.25) is 0 Å². The number of terminal acetylenes is 1. The lowest BCUT2D eigenvalue weighted by Crippen LogP contribution is -2.48. The molecule has 206 valence electrons. The average Bonchev–Trinajstić information content (AvgIpc) is 3.12. The third kappa shape index (κ3) is 6.78. The van der Waals surface area contributed by atoms with Gasteiger partial charge in [-0.1, -0.05) is 31.0 Å². The monoisotopic (exact) mass is 567 g/mol. The molecule has 0 saturated carbocycles. The summed E-state index contributed by atoms with van der Waals surface area (Å²) in [6.45, 7) is 1.24. The summed E-state index contributed by atoms with van der Waals surface area (Å²) >= 11 is 5.69. The predicted octanol–water partition coefficient (Wildman–Crippen LogP) is 0.799. The summed E-state index contributed by atoms with van der Waals surface area (Å²) in [5, 5.41) is 24.8. The molecule has 1 aromatic heterocycles. The lowest BCUT2D eigenvalue weighted by Gasteiger charge is -2.29. The van der Waals surface area contributed by atoms with Gasteiger partial charge in [-0.3, -0.25) is 19.1 Å². The van der Waals surface area contributed by atoms with Crippen LogP contribution >= 0.6 is 6.64 Å². The fourth-order valence-corrected chi connectivity index (χ4v) is 6.06. The second-order valence-electron chi connectivity index (χ2n) is 8.73. The molecule has 6 atom stereocenters. The number of aliphatic hydroxyl groups excluding tert-OH is 1. The number of hydrogen-bond acceptors (Lipinski definition) is 10. The molecular weight excluding hydrogens is 537 g/mol. The summed E-state index contributed by atoms with van der Waals surface area (Å²) in [5.74, 6) is 1.88. The molecule has 0 bridgehead atoms. The van der Waals surface area contributed by atoms with Crippen molar-refractivity contribution in [3.8, 4) is 18.1 Å². The van der Waals surface area contributed by atoms with Gasteiger partial charge in [-0.15, -0.1) is 6.42 Å². The van der Waals surface area contributed by atoms with Gasteiger partial charge < -0.3 is 28.7 Å². The highest BCUT2D eigenvalue weighted by atomic mass is 32.5. The highest BCUT2D eigenvalue weighted by Gasteiger charge is 2.56. The Bertz CT molecular complexity index is 1330. The Labute approximate surface area is 224 Å². The minimum absolute atomic E-state index is 0.308. The fraction of sp³-hybridized carbons (Fsp3) is 0.458. The van der Waals surface area contributed by atoms with Crippen LogP contribution in [0, 0.1) is 12.3 Å². The van der Waals surface area contributed by atoms with Crippen molar-refractivity contribution in [1.29, 1.82) is 0 Å². The molecule has 12 nitrogen and oxygen atoms in total. The summed E-state index contributed by atoms with van der Waals surface area (Å²) < 4.78 is 23.8. The first-order valence-corrected chi connectivity index (χ1v) is 14.4. The molecule has 2 aromatic rings. The average molecular weight is 568 g/mol. The minimum Gasteiger partial charge on any atom is -0.462 e. The number of carbonyl (C=O) groups is 1. The Balaban J connectivity index is 1.86. The summed E-state index contributed by atoms with van der Waals surface area (Å²) in [4.78, 5) is 38.4. The number of hydrogen-bond donors (Lipinski definition) is 4. The number of aromatic nitrogens is 2. The maximum Gasteiger partial charge on any atom is 0.330 e. The van der Waals surface area contributed by atoms with E-state index in [0.717, 1.165) is 16.8 Å². The summed E-state index contributed by atoms with van der Waals surface area (Å²) in [7, 11) is 0. The number of aromatic amines is 1. The molecule has 1 aliphatic rings. The molecule has 1 aromatic carbocycles. The quantitative estimate of drug-likeness (QED) is 0.173. The number of para-hydroxylation sites is 1. The van der Waals surface area contributed by atoms with Crippen LogP contribution in [0.15, 0.2) is 52.2 Å². The molecule has 0 amide bonds. The van der Waals surface area contributed by atoms with Gasteiger partial charge in [-0.05, 0) is 44.2 Å². The summed E-state index contributed by atoms with van der Waals surface area (Å²) in [5.41, 5.74) is -3.92. The van der Waals surface area contributed by atoms with Gasteiger partial charge in [0.25, 0.3) is 5.56 Å². The normalized spacial score (nSPS) is 25.3. The Morgan fingerprint density at radius 2 is 2.03 bits per heavy atom. The minimum atomic E-state index is -3.51. The van der Waals surface area contributed by atoms with Crippen molar-refractivity contribution in [1.82, 2.24) is 14.6 Å². The molecule has 0 spiro atoms. The van der Waals surface area contributed by atoms with Crippen LogP contribution in [0.25, 0.3) is 0 Å². The summed E-state index contributed by atoms with van der Waals surface area (Å²) in [6.07, 6.45) is 1.99. The second kappa shape index (κ2) is 12.4. The number of rotatable bonds is 11. The Kier molecular flexibility index (Phi) is 9.67. The van der Waals surface area contributed by atoms with Crippen LogP contribution in [-0.2, 0) is 30.6 Å². The number of aliphatic hydroxyl groups is 2. The lowest BCUT2D eigenvalue weighted by atomic mass is 9.95. The maximum atomic E-state index is 12.6. The Morgan fingerprint density at radius 1 is 1.34 bits per heavy atom. The van der Waals surface area contributed by atoms with E-state index in [2.05, 4.69) is 11.0 Å². The van der Waals surface area contributed by atoms with Crippen LogP contribution in [0.5, 0.6) is 5.75 Å². The molecule has 3 rings (SSSR count). The largest absolute Gasteiger partial charge is 0.462 e. The molecule has 0 radical (unpaired) electrons. The molecule has 1 fully saturated rings. The van der Waals surface area contributed by atoms with Crippen molar-refractivity contribution in [2.75, 3.05) is 6.61 Å². The third-order valence-corrected chi connectivity index (χ3v) is 7.98. The summed E-state index contributed by atoms with van der Waals surface area (Å²) in [6, 6.07) is 8.70. The topological polar surface area (TPSA) is 161 Å². The van der Waals surface area contributed by atoms with Gasteiger partial charge in [0.1, 0.15) is 24.0 Å². The predicted molar refractivity (Wildman–Crippen MR) is 141 cm³/mol. The van der Waals surface area contributed by atoms with Crippen LogP contribution in [0.4, 0.5) is 0 Å². The number of carbonyl (C=O) groups excluding carboxylic acids is 1. The van der Waals surface area contributed by atoms with E-state index in [4.69, 9.17) is 36.8 Å². The molecule has 38 heavy (non-hydrogen) atoms. The maximum absolute atomic E-state index is 12.6. The second-order valence-corrected chi connectivity index (χ2v) is 11.9. The third-order valence-electron chi connectivity index (χ3n) is 5.55. The van der Waals surface area contributed by atoms with Crippen molar-refractivity contribution in [3.63, 3.8) is 0 Å². The zero-order valence-corrected chi connectivity index (χ0v) is 22.7. The first-order valence-electron chi connectivity index (χ1n) is 11.7. The number of ether oxygens (including phenoxy) is 2. The zero-order chi connectivity index (χ0) is 28.1. The lowest BCUT2D eigenvalue weighted by molar-refractivity contribution is -0.149. The van der Waals surface area contributed by atoms with E-state index in [9.17, 15) is 24.6 Å².